The molecule has 0 N–H and O–H groups in total. The Hall–Kier alpha value is -1.06. The fourth-order valence-electron chi connectivity index (χ4n) is 0.704. The lowest BCUT2D eigenvalue weighted by Crippen LogP contribution is -2.11. The average Bonchev–Trinajstić information content (AvgIpc) is 2.01. The van der Waals surface area contributed by atoms with Gasteiger partial charge in [-0.25, -0.2) is 4.39 Å². The molecule has 56 valence electrons. The van der Waals surface area contributed by atoms with Crippen molar-refractivity contribution in [1.29, 1.82) is 0 Å². The van der Waals surface area contributed by atoms with Crippen molar-refractivity contribution in [2.24, 2.45) is 0 Å². The second-order valence-corrected chi connectivity index (χ2v) is 1.99. The van der Waals surface area contributed by atoms with Crippen molar-refractivity contribution in [3.8, 4) is 5.75 Å². The van der Waals surface area contributed by atoms with Crippen molar-refractivity contribution in [3.05, 3.63) is 23.8 Å². The fourth-order valence-corrected chi connectivity index (χ4v) is 0.704. The summed E-state index contributed by atoms with van der Waals surface area (Å²) in [6.45, 7) is 0. The largest absolute Gasteiger partial charge is 0.494 e. The highest BCUT2D eigenvalue weighted by Crippen LogP contribution is 2.16. The van der Waals surface area contributed by atoms with Crippen LogP contribution in [0.5, 0.6) is 5.75 Å². The van der Waals surface area contributed by atoms with Gasteiger partial charge in [-0.1, -0.05) is 11.5 Å². The first-order chi connectivity index (χ1) is 5.16. The first-order valence-corrected chi connectivity index (χ1v) is 2.94. The minimum absolute atomic E-state index is 0.142. The van der Waals surface area contributed by atoms with Crippen LogP contribution in [-0.2, 0) is 0 Å². The van der Waals surface area contributed by atoms with Crippen LogP contribution in [0.1, 0.15) is 0 Å². The van der Waals surface area contributed by atoms with Gasteiger partial charge >= 0.3 is 0 Å². The average molecular weight is 154 g/mol. The highest BCUT2D eigenvalue weighted by Gasteiger charge is 2.09. The van der Waals surface area contributed by atoms with Crippen molar-refractivity contribution in [1.82, 2.24) is 0 Å². The van der Waals surface area contributed by atoms with Crippen molar-refractivity contribution in [2.45, 2.75) is 0 Å². The normalized spacial score (nSPS) is 9.73. The van der Waals surface area contributed by atoms with Crippen LogP contribution in [0.3, 0.4) is 0 Å². The van der Waals surface area contributed by atoms with Crippen LogP contribution < -0.4 is 10.2 Å². The summed E-state index contributed by atoms with van der Waals surface area (Å²) in [5, 5.41) is 0. The van der Waals surface area contributed by atoms with E-state index in [1.54, 1.807) is 0 Å². The van der Waals surface area contributed by atoms with Gasteiger partial charge in [0, 0.05) is 0 Å². The lowest BCUT2D eigenvalue weighted by molar-refractivity contribution is 0.373. The molecule has 0 heterocycles. The second kappa shape index (κ2) is 2.90. The maximum Gasteiger partial charge on any atom is 0.199 e. The third-order valence-electron chi connectivity index (χ3n) is 1.30. The molecule has 0 spiro atoms. The predicted octanol–water partition coefficient (Wildman–Crippen LogP) is 0.767. The van der Waals surface area contributed by atoms with Gasteiger partial charge in [-0.3, -0.25) is 0 Å². The Labute approximate surface area is 64.4 Å². The first kappa shape index (κ1) is 8.05. The second-order valence-electron chi connectivity index (χ2n) is 1.99. The van der Waals surface area contributed by atoms with Gasteiger partial charge in [-0.05, 0) is 6.07 Å². The number of ether oxygens (including phenoxy) is 1. The molecular formula is C7H5BF2O. The number of hydrogen-bond donors (Lipinski definition) is 0. The monoisotopic (exact) mass is 154 g/mol. The van der Waals surface area contributed by atoms with E-state index in [2.05, 4.69) is 4.74 Å². The lowest BCUT2D eigenvalue weighted by Gasteiger charge is -2.03. The fraction of sp³-hybridized carbons (Fsp3) is 0.143. The Balaban J connectivity index is 3.25. The van der Waals surface area contributed by atoms with E-state index in [1.807, 2.05) is 0 Å². The summed E-state index contributed by atoms with van der Waals surface area (Å²) in [7, 11) is 6.33. The molecule has 1 nitrogen and oxygen atoms in total. The Bertz CT molecular complexity index is 275. The van der Waals surface area contributed by atoms with Crippen LogP contribution in [0, 0.1) is 11.6 Å². The van der Waals surface area contributed by atoms with E-state index >= 15 is 0 Å². The van der Waals surface area contributed by atoms with Gasteiger partial charge in [0.15, 0.2) is 17.4 Å². The molecule has 0 bridgehead atoms. The summed E-state index contributed by atoms with van der Waals surface area (Å²) in [4.78, 5) is 0. The molecular weight excluding hydrogens is 149 g/mol. The molecule has 0 atom stereocenters. The van der Waals surface area contributed by atoms with Gasteiger partial charge in [0.05, 0.1) is 7.11 Å². The van der Waals surface area contributed by atoms with E-state index < -0.39 is 11.6 Å². The zero-order valence-corrected chi connectivity index (χ0v) is 5.90. The van der Waals surface area contributed by atoms with Crippen LogP contribution in [0.15, 0.2) is 12.1 Å². The molecule has 4 heteroatoms. The van der Waals surface area contributed by atoms with E-state index in [0.29, 0.717) is 0 Å². The van der Waals surface area contributed by atoms with E-state index in [0.717, 1.165) is 0 Å². The molecule has 0 aliphatic rings. The maximum atomic E-state index is 12.7. The summed E-state index contributed by atoms with van der Waals surface area (Å²) in [6.07, 6.45) is 0. The minimum atomic E-state index is -1.07. The zero-order chi connectivity index (χ0) is 8.43. The third kappa shape index (κ3) is 1.34. The quantitative estimate of drug-likeness (QED) is 0.542. The molecule has 0 unspecified atom stereocenters. The number of benzene rings is 1. The molecule has 2 radical (unpaired) electrons. The Morgan fingerprint density at radius 3 is 2.45 bits per heavy atom. The lowest BCUT2D eigenvalue weighted by atomic mass is 9.95. The van der Waals surface area contributed by atoms with Crippen molar-refractivity contribution in [2.75, 3.05) is 7.11 Å². The topological polar surface area (TPSA) is 9.23 Å². The van der Waals surface area contributed by atoms with Gasteiger partial charge in [0.2, 0.25) is 0 Å². The van der Waals surface area contributed by atoms with E-state index in [9.17, 15) is 8.78 Å². The van der Waals surface area contributed by atoms with Crippen LogP contribution in [-0.4, -0.2) is 15.0 Å². The molecule has 0 aromatic heterocycles. The predicted molar refractivity (Wildman–Crippen MR) is 38.3 cm³/mol. The molecule has 1 aromatic carbocycles. The van der Waals surface area contributed by atoms with Gasteiger partial charge in [-0.2, -0.15) is 4.39 Å². The first-order valence-electron chi connectivity index (χ1n) is 2.94. The molecule has 11 heavy (non-hydrogen) atoms. The van der Waals surface area contributed by atoms with Gasteiger partial charge in [0.1, 0.15) is 7.85 Å². The van der Waals surface area contributed by atoms with E-state index in [1.165, 1.54) is 19.2 Å². The van der Waals surface area contributed by atoms with Gasteiger partial charge < -0.3 is 4.74 Å². The van der Waals surface area contributed by atoms with Gasteiger partial charge in [0.25, 0.3) is 0 Å². The van der Waals surface area contributed by atoms with Crippen molar-refractivity contribution in [3.63, 3.8) is 0 Å². The van der Waals surface area contributed by atoms with Crippen LogP contribution in [0.25, 0.3) is 0 Å². The Kier molecular flexibility index (Phi) is 2.12. The molecule has 0 aliphatic carbocycles. The van der Waals surface area contributed by atoms with Gasteiger partial charge in [-0.15, -0.1) is 0 Å². The molecule has 0 amide bonds. The van der Waals surface area contributed by atoms with Crippen LogP contribution in [0.4, 0.5) is 8.78 Å². The number of halogens is 2. The summed E-state index contributed by atoms with van der Waals surface area (Å²) < 4.78 is 29.8. The SMILES string of the molecule is [B]c1ccc(OC)c(F)c1F. The molecule has 0 aliphatic heterocycles. The van der Waals surface area contributed by atoms with Crippen LogP contribution in [0.2, 0.25) is 0 Å². The van der Waals surface area contributed by atoms with E-state index in [-0.39, 0.29) is 11.2 Å². The Morgan fingerprint density at radius 2 is 1.91 bits per heavy atom. The molecule has 0 saturated heterocycles. The standard InChI is InChI=1S/C7H5BF2O/c1-11-5-3-2-4(8)6(9)7(5)10/h2-3H,1H3. The number of hydrogen-bond acceptors (Lipinski definition) is 1. The Morgan fingerprint density at radius 1 is 1.27 bits per heavy atom. The summed E-state index contributed by atoms with van der Waals surface area (Å²) in [6, 6.07) is 2.52. The highest BCUT2D eigenvalue weighted by atomic mass is 19.2. The summed E-state index contributed by atoms with van der Waals surface area (Å²) >= 11 is 0. The minimum Gasteiger partial charge on any atom is -0.494 e. The van der Waals surface area contributed by atoms with Crippen molar-refractivity contribution < 1.29 is 13.5 Å². The van der Waals surface area contributed by atoms with Crippen LogP contribution >= 0.6 is 0 Å². The smallest absolute Gasteiger partial charge is 0.199 e. The number of methoxy groups -OCH3 is 1. The third-order valence-corrected chi connectivity index (χ3v) is 1.30. The van der Waals surface area contributed by atoms with E-state index in [4.69, 9.17) is 7.85 Å². The maximum absolute atomic E-state index is 12.7. The number of rotatable bonds is 1. The van der Waals surface area contributed by atoms with Crippen molar-refractivity contribution >= 4 is 13.3 Å². The molecule has 0 saturated carbocycles. The molecule has 1 rings (SSSR count). The summed E-state index contributed by atoms with van der Waals surface area (Å²) in [5.41, 5.74) is -0.219. The molecule has 1 aromatic rings. The highest BCUT2D eigenvalue weighted by molar-refractivity contribution is 6.32. The molecule has 0 fully saturated rings. The summed E-state index contributed by atoms with van der Waals surface area (Å²) in [5.74, 6) is -2.26. The zero-order valence-electron chi connectivity index (χ0n) is 5.90.